The highest BCUT2D eigenvalue weighted by Gasteiger charge is 2.52. The summed E-state index contributed by atoms with van der Waals surface area (Å²) in [6.07, 6.45) is -0.217. The molecule has 0 saturated heterocycles. The number of nitrogens with one attached hydrogen (secondary N) is 1. The molecule has 1 amide bonds. The van der Waals surface area contributed by atoms with Gasteiger partial charge in [0, 0.05) is 24.1 Å². The Balaban J connectivity index is 1.62. The number of hydrogen-bond donors (Lipinski definition) is 2. The minimum atomic E-state index is -2.69. The van der Waals surface area contributed by atoms with Crippen molar-refractivity contribution in [2.75, 3.05) is 11.1 Å². The summed E-state index contributed by atoms with van der Waals surface area (Å²) in [7, 11) is 0. The first-order chi connectivity index (χ1) is 13.3. The second-order valence-electron chi connectivity index (χ2n) is 7.85. The molecule has 0 bridgehead atoms. The third-order valence-electron chi connectivity index (χ3n) is 6.22. The number of nitrogens with two attached hydrogens (primary N) is 1. The Morgan fingerprint density at radius 1 is 1.14 bits per heavy atom. The minimum absolute atomic E-state index is 0.158. The van der Waals surface area contributed by atoms with Gasteiger partial charge in [0.15, 0.2) is 11.4 Å². The average molecular weight is 383 g/mol. The number of hydrogen-bond acceptors (Lipinski definition) is 4. The Bertz CT molecular complexity index is 1130. The monoisotopic (exact) mass is 383 g/mol. The third-order valence-corrected chi connectivity index (χ3v) is 6.22. The Morgan fingerprint density at radius 2 is 1.89 bits per heavy atom. The Hall–Kier alpha value is -2.96. The molecule has 3 N–H and O–H groups in total. The van der Waals surface area contributed by atoms with Crippen molar-refractivity contribution in [3.63, 3.8) is 0 Å². The van der Waals surface area contributed by atoms with Crippen molar-refractivity contribution in [3.8, 4) is 11.1 Å². The van der Waals surface area contributed by atoms with Gasteiger partial charge in [-0.25, -0.2) is 8.78 Å². The molecule has 1 saturated carbocycles. The molecule has 1 aromatic heterocycles. The SMILES string of the molecule is Cc1ccc2c(N)noc2c1-c1ccc2c(c1)NC(=O)C21CCC(F)(F)CC1. The van der Waals surface area contributed by atoms with E-state index < -0.39 is 11.3 Å². The minimum Gasteiger partial charge on any atom is -0.380 e. The van der Waals surface area contributed by atoms with Crippen molar-refractivity contribution >= 4 is 28.4 Å². The molecular weight excluding hydrogens is 364 g/mol. The molecule has 5 rings (SSSR count). The third kappa shape index (κ3) is 2.28. The maximum Gasteiger partial charge on any atom is 0.248 e. The van der Waals surface area contributed by atoms with Gasteiger partial charge in [-0.2, -0.15) is 0 Å². The van der Waals surface area contributed by atoms with Crippen LogP contribution in [0, 0.1) is 6.92 Å². The number of amides is 1. The predicted molar refractivity (Wildman–Crippen MR) is 102 cm³/mol. The zero-order valence-corrected chi connectivity index (χ0v) is 15.3. The van der Waals surface area contributed by atoms with Gasteiger partial charge in [0.2, 0.25) is 11.8 Å². The fraction of sp³-hybridized carbons (Fsp3) is 0.333. The van der Waals surface area contributed by atoms with Crippen LogP contribution in [0.15, 0.2) is 34.9 Å². The van der Waals surface area contributed by atoms with E-state index in [1.54, 1.807) is 0 Å². The van der Waals surface area contributed by atoms with Crippen LogP contribution in [-0.2, 0) is 10.2 Å². The van der Waals surface area contributed by atoms with E-state index >= 15 is 0 Å². The molecule has 1 spiro atoms. The summed E-state index contributed by atoms with van der Waals surface area (Å²) in [5.74, 6) is -2.55. The van der Waals surface area contributed by atoms with Gasteiger partial charge in [-0.05, 0) is 48.6 Å². The molecule has 0 radical (unpaired) electrons. The number of nitrogen functional groups attached to an aromatic ring is 1. The summed E-state index contributed by atoms with van der Waals surface area (Å²) >= 11 is 0. The topological polar surface area (TPSA) is 81.2 Å². The molecule has 0 atom stereocenters. The first-order valence-corrected chi connectivity index (χ1v) is 9.29. The second kappa shape index (κ2) is 5.53. The lowest BCUT2D eigenvalue weighted by Crippen LogP contribution is -2.41. The number of aryl methyl sites for hydroxylation is 1. The highest BCUT2D eigenvalue weighted by Crippen LogP contribution is 2.51. The number of rotatable bonds is 1. The van der Waals surface area contributed by atoms with Crippen LogP contribution in [0.5, 0.6) is 0 Å². The predicted octanol–water partition coefficient (Wildman–Crippen LogP) is 4.78. The fourth-order valence-corrected chi connectivity index (χ4v) is 4.60. The largest absolute Gasteiger partial charge is 0.380 e. The fourth-order valence-electron chi connectivity index (χ4n) is 4.60. The van der Waals surface area contributed by atoms with Crippen molar-refractivity contribution < 1.29 is 18.1 Å². The van der Waals surface area contributed by atoms with Crippen molar-refractivity contribution in [1.82, 2.24) is 5.16 Å². The first kappa shape index (κ1) is 17.2. The molecule has 144 valence electrons. The Labute approximate surface area is 159 Å². The number of halogens is 2. The lowest BCUT2D eigenvalue weighted by molar-refractivity contribution is -0.125. The number of alkyl halides is 2. The molecule has 2 heterocycles. The zero-order chi connectivity index (χ0) is 19.7. The molecular formula is C21H19F2N3O2. The van der Waals surface area contributed by atoms with Gasteiger partial charge in [0.1, 0.15) is 0 Å². The van der Waals surface area contributed by atoms with Crippen molar-refractivity contribution in [2.45, 2.75) is 43.9 Å². The van der Waals surface area contributed by atoms with E-state index in [0.29, 0.717) is 17.1 Å². The molecule has 28 heavy (non-hydrogen) atoms. The zero-order valence-electron chi connectivity index (χ0n) is 15.3. The standard InChI is InChI=1S/C21H19F2N3O2/c1-11-2-4-13-17(28-26-18(13)24)16(11)12-3-5-14-15(10-12)25-19(27)20(14)6-8-21(22,23)9-7-20/h2-5,10H,6-9H2,1H3,(H2,24,26)(H,25,27). The number of carbonyl (C=O) groups is 1. The molecule has 5 nitrogen and oxygen atoms in total. The molecule has 1 fully saturated rings. The van der Waals surface area contributed by atoms with Crippen LogP contribution in [0.4, 0.5) is 20.3 Å². The van der Waals surface area contributed by atoms with Gasteiger partial charge in [-0.3, -0.25) is 4.79 Å². The van der Waals surface area contributed by atoms with E-state index in [1.807, 2.05) is 37.3 Å². The highest BCUT2D eigenvalue weighted by atomic mass is 19.3. The summed E-state index contributed by atoms with van der Waals surface area (Å²) < 4.78 is 32.8. The van der Waals surface area contributed by atoms with E-state index in [2.05, 4.69) is 10.5 Å². The van der Waals surface area contributed by atoms with Crippen LogP contribution in [-0.4, -0.2) is 17.0 Å². The highest BCUT2D eigenvalue weighted by molar-refractivity contribution is 6.07. The number of fused-ring (bicyclic) bond motifs is 3. The quantitative estimate of drug-likeness (QED) is 0.633. The normalized spacial score (nSPS) is 19.8. The van der Waals surface area contributed by atoms with Gasteiger partial charge in [0.25, 0.3) is 0 Å². The number of carbonyl (C=O) groups excluding carboxylic acids is 1. The lowest BCUT2D eigenvalue weighted by Gasteiger charge is -2.35. The van der Waals surface area contributed by atoms with Crippen LogP contribution >= 0.6 is 0 Å². The van der Waals surface area contributed by atoms with Crippen LogP contribution < -0.4 is 11.1 Å². The molecule has 1 aliphatic heterocycles. The van der Waals surface area contributed by atoms with E-state index in [4.69, 9.17) is 10.3 Å². The van der Waals surface area contributed by atoms with Crippen molar-refractivity contribution in [2.24, 2.45) is 0 Å². The number of nitrogens with zero attached hydrogens (tertiary/aromatic N) is 1. The van der Waals surface area contributed by atoms with Crippen molar-refractivity contribution in [3.05, 3.63) is 41.5 Å². The smallest absolute Gasteiger partial charge is 0.248 e. The number of anilines is 2. The van der Waals surface area contributed by atoms with Gasteiger partial charge in [0.05, 0.1) is 10.8 Å². The van der Waals surface area contributed by atoms with Crippen LogP contribution in [0.3, 0.4) is 0 Å². The Kier molecular flexibility index (Phi) is 3.39. The summed E-state index contributed by atoms with van der Waals surface area (Å²) in [6.45, 7) is 1.96. The summed E-state index contributed by atoms with van der Waals surface area (Å²) in [5, 5.41) is 7.50. The maximum absolute atomic E-state index is 13.7. The van der Waals surface area contributed by atoms with Gasteiger partial charge >= 0.3 is 0 Å². The maximum atomic E-state index is 13.7. The van der Waals surface area contributed by atoms with E-state index in [-0.39, 0.29) is 31.6 Å². The first-order valence-electron chi connectivity index (χ1n) is 9.29. The average Bonchev–Trinajstić information content (AvgIpc) is 3.15. The summed E-state index contributed by atoms with van der Waals surface area (Å²) in [6, 6.07) is 9.49. The number of benzene rings is 2. The molecule has 1 aliphatic carbocycles. The van der Waals surface area contributed by atoms with Gasteiger partial charge in [-0.15, -0.1) is 0 Å². The molecule has 0 unspecified atom stereocenters. The van der Waals surface area contributed by atoms with Crippen LogP contribution in [0.2, 0.25) is 0 Å². The van der Waals surface area contributed by atoms with Gasteiger partial charge in [-0.1, -0.05) is 23.4 Å². The second-order valence-corrected chi connectivity index (χ2v) is 7.85. The molecule has 3 aromatic rings. The van der Waals surface area contributed by atoms with Crippen molar-refractivity contribution in [1.29, 1.82) is 0 Å². The van der Waals surface area contributed by atoms with E-state index in [0.717, 1.165) is 27.6 Å². The van der Waals surface area contributed by atoms with Crippen LogP contribution in [0.25, 0.3) is 22.1 Å². The Morgan fingerprint density at radius 3 is 2.64 bits per heavy atom. The molecule has 2 aromatic carbocycles. The lowest BCUT2D eigenvalue weighted by atomic mass is 9.69. The van der Waals surface area contributed by atoms with E-state index in [1.165, 1.54) is 0 Å². The van der Waals surface area contributed by atoms with Gasteiger partial charge < -0.3 is 15.6 Å². The number of aromatic nitrogens is 1. The summed E-state index contributed by atoms with van der Waals surface area (Å²) in [5.41, 5.74) is 9.79. The molecule has 2 aliphatic rings. The van der Waals surface area contributed by atoms with Crippen LogP contribution in [0.1, 0.15) is 36.8 Å². The molecule has 7 heteroatoms. The summed E-state index contributed by atoms with van der Waals surface area (Å²) in [4.78, 5) is 12.7. The van der Waals surface area contributed by atoms with E-state index in [9.17, 15) is 13.6 Å².